The predicted molar refractivity (Wildman–Crippen MR) is 109 cm³/mol. The van der Waals surface area contributed by atoms with Gasteiger partial charge in [-0.05, 0) is 50.5 Å². The molecule has 1 amide bonds. The molecular formula is C20H27N3OS2. The number of thiophene rings is 1. The molecular weight excluding hydrogens is 362 g/mol. The molecule has 0 spiro atoms. The SMILES string of the molecule is C[C@@H]1CCc2c(sc3ncnc(S[C@@H](C)C(=O)N4CCCCCC4)c23)C1. The summed E-state index contributed by atoms with van der Waals surface area (Å²) in [5.41, 5.74) is 1.45. The second-order valence-electron chi connectivity index (χ2n) is 7.71. The Morgan fingerprint density at radius 1 is 1.27 bits per heavy atom. The van der Waals surface area contributed by atoms with Crippen LogP contribution in [0.3, 0.4) is 0 Å². The molecule has 1 aliphatic heterocycles. The number of hydrogen-bond donors (Lipinski definition) is 0. The van der Waals surface area contributed by atoms with Crippen LogP contribution in [0.4, 0.5) is 0 Å². The lowest BCUT2D eigenvalue weighted by Crippen LogP contribution is -2.37. The molecule has 0 aromatic carbocycles. The Morgan fingerprint density at radius 2 is 2.04 bits per heavy atom. The van der Waals surface area contributed by atoms with Crippen molar-refractivity contribution in [2.24, 2.45) is 5.92 Å². The van der Waals surface area contributed by atoms with Gasteiger partial charge < -0.3 is 4.90 Å². The van der Waals surface area contributed by atoms with E-state index in [9.17, 15) is 4.79 Å². The fraction of sp³-hybridized carbons (Fsp3) is 0.650. The van der Waals surface area contributed by atoms with Crippen molar-refractivity contribution in [3.05, 3.63) is 16.8 Å². The van der Waals surface area contributed by atoms with Crippen molar-refractivity contribution in [1.29, 1.82) is 0 Å². The Kier molecular flexibility index (Phi) is 5.50. The van der Waals surface area contributed by atoms with Gasteiger partial charge in [-0.1, -0.05) is 31.5 Å². The summed E-state index contributed by atoms with van der Waals surface area (Å²) in [6, 6.07) is 0. The summed E-state index contributed by atoms with van der Waals surface area (Å²) in [5.74, 6) is 1.02. The van der Waals surface area contributed by atoms with E-state index < -0.39 is 0 Å². The molecule has 2 aromatic rings. The zero-order valence-corrected chi connectivity index (χ0v) is 17.3. The number of fused-ring (bicyclic) bond motifs is 3. The maximum absolute atomic E-state index is 12.9. The van der Waals surface area contributed by atoms with Crippen LogP contribution in [0.15, 0.2) is 11.4 Å². The molecule has 0 saturated carbocycles. The summed E-state index contributed by atoms with van der Waals surface area (Å²) >= 11 is 3.45. The number of aryl methyl sites for hydroxylation is 1. The highest BCUT2D eigenvalue weighted by molar-refractivity contribution is 8.00. The minimum atomic E-state index is -0.0933. The standard InChI is InChI=1S/C20H27N3OS2/c1-13-7-8-15-16(11-13)26-19-17(15)18(21-12-22-19)25-14(2)20(24)23-9-5-3-4-6-10-23/h12-14H,3-11H2,1-2H3/t13-,14+/m1/s1. The van der Waals surface area contributed by atoms with Gasteiger partial charge in [-0.25, -0.2) is 9.97 Å². The van der Waals surface area contributed by atoms with E-state index in [1.54, 1.807) is 18.1 Å². The average Bonchev–Trinajstić information content (AvgIpc) is 2.80. The van der Waals surface area contributed by atoms with E-state index in [-0.39, 0.29) is 11.2 Å². The molecule has 4 nitrogen and oxygen atoms in total. The minimum absolute atomic E-state index is 0.0933. The first-order chi connectivity index (χ1) is 12.6. The van der Waals surface area contributed by atoms with E-state index in [1.807, 2.05) is 18.3 Å². The summed E-state index contributed by atoms with van der Waals surface area (Å²) in [7, 11) is 0. The summed E-state index contributed by atoms with van der Waals surface area (Å²) < 4.78 is 0. The molecule has 140 valence electrons. The maximum Gasteiger partial charge on any atom is 0.235 e. The van der Waals surface area contributed by atoms with Crippen molar-refractivity contribution >= 4 is 39.2 Å². The third-order valence-electron chi connectivity index (χ3n) is 5.61. The van der Waals surface area contributed by atoms with E-state index in [2.05, 4.69) is 21.8 Å². The van der Waals surface area contributed by atoms with Gasteiger partial charge in [-0.15, -0.1) is 11.3 Å². The van der Waals surface area contributed by atoms with E-state index in [0.717, 1.165) is 54.5 Å². The number of rotatable bonds is 3. The van der Waals surface area contributed by atoms with E-state index in [1.165, 1.54) is 35.1 Å². The van der Waals surface area contributed by atoms with Crippen molar-refractivity contribution in [3.63, 3.8) is 0 Å². The molecule has 0 unspecified atom stereocenters. The number of thioether (sulfide) groups is 1. The van der Waals surface area contributed by atoms with E-state index >= 15 is 0 Å². The molecule has 0 N–H and O–H groups in total. The summed E-state index contributed by atoms with van der Waals surface area (Å²) in [5, 5.41) is 2.13. The number of carbonyl (C=O) groups excluding carboxylic acids is 1. The zero-order chi connectivity index (χ0) is 18.1. The Labute approximate surface area is 163 Å². The lowest BCUT2D eigenvalue weighted by atomic mass is 9.89. The molecule has 1 fully saturated rings. The Bertz CT molecular complexity index is 796. The maximum atomic E-state index is 12.9. The van der Waals surface area contributed by atoms with E-state index in [4.69, 9.17) is 0 Å². The van der Waals surface area contributed by atoms with Crippen molar-refractivity contribution in [3.8, 4) is 0 Å². The van der Waals surface area contributed by atoms with Gasteiger partial charge in [0.1, 0.15) is 16.2 Å². The number of carbonyl (C=O) groups is 1. The van der Waals surface area contributed by atoms with Gasteiger partial charge in [0.25, 0.3) is 0 Å². The molecule has 1 saturated heterocycles. The summed E-state index contributed by atoms with van der Waals surface area (Å²) in [4.78, 5) is 26.7. The largest absolute Gasteiger partial charge is 0.342 e. The van der Waals surface area contributed by atoms with Gasteiger partial charge >= 0.3 is 0 Å². The molecule has 2 aromatic heterocycles. The van der Waals surface area contributed by atoms with E-state index in [0.29, 0.717) is 0 Å². The molecule has 1 aliphatic carbocycles. The number of amides is 1. The van der Waals surface area contributed by atoms with Gasteiger partial charge in [-0.2, -0.15) is 0 Å². The van der Waals surface area contributed by atoms with Crippen LogP contribution < -0.4 is 0 Å². The quantitative estimate of drug-likeness (QED) is 0.564. The molecule has 0 radical (unpaired) electrons. The predicted octanol–water partition coefficient (Wildman–Crippen LogP) is 4.70. The second-order valence-corrected chi connectivity index (χ2v) is 10.1. The van der Waals surface area contributed by atoms with Gasteiger partial charge in [0.15, 0.2) is 0 Å². The summed E-state index contributed by atoms with van der Waals surface area (Å²) in [6.07, 6.45) is 9.94. The molecule has 26 heavy (non-hydrogen) atoms. The van der Waals surface area contributed by atoms with Crippen LogP contribution in [0.2, 0.25) is 0 Å². The number of aromatic nitrogens is 2. The average molecular weight is 390 g/mol. The highest BCUT2D eigenvalue weighted by Gasteiger charge is 2.27. The lowest BCUT2D eigenvalue weighted by Gasteiger charge is -2.24. The molecule has 3 heterocycles. The topological polar surface area (TPSA) is 46.1 Å². The molecule has 2 aliphatic rings. The minimum Gasteiger partial charge on any atom is -0.342 e. The lowest BCUT2D eigenvalue weighted by molar-refractivity contribution is -0.130. The molecule has 6 heteroatoms. The fourth-order valence-corrected chi connectivity index (χ4v) is 6.55. The van der Waals surface area contributed by atoms with Crippen molar-refractivity contribution in [2.75, 3.05) is 13.1 Å². The first-order valence-corrected chi connectivity index (χ1v) is 11.5. The van der Waals surface area contributed by atoms with Crippen molar-refractivity contribution in [2.45, 2.75) is 69.1 Å². The van der Waals surface area contributed by atoms with Crippen LogP contribution in [0.1, 0.15) is 56.4 Å². The van der Waals surface area contributed by atoms with Crippen LogP contribution in [-0.4, -0.2) is 39.1 Å². The van der Waals surface area contributed by atoms with Crippen LogP contribution in [0.5, 0.6) is 0 Å². The Morgan fingerprint density at radius 3 is 2.81 bits per heavy atom. The molecule has 0 bridgehead atoms. The first-order valence-electron chi connectivity index (χ1n) is 9.84. The fourth-order valence-electron chi connectivity index (χ4n) is 4.10. The Balaban J connectivity index is 1.57. The Hall–Kier alpha value is -1.14. The van der Waals surface area contributed by atoms with Crippen LogP contribution in [-0.2, 0) is 17.6 Å². The van der Waals surface area contributed by atoms with Gasteiger partial charge in [0.05, 0.1) is 5.25 Å². The third-order valence-corrected chi connectivity index (χ3v) is 7.86. The highest BCUT2D eigenvalue weighted by Crippen LogP contribution is 2.41. The normalized spacial score (nSPS) is 22.1. The van der Waals surface area contributed by atoms with Crippen LogP contribution in [0.25, 0.3) is 10.2 Å². The molecule has 2 atom stereocenters. The number of nitrogens with zero attached hydrogens (tertiary/aromatic N) is 3. The number of likely N-dealkylation sites (tertiary alicyclic amines) is 1. The zero-order valence-electron chi connectivity index (χ0n) is 15.7. The molecule has 4 rings (SSSR count). The second kappa shape index (κ2) is 7.85. The van der Waals surface area contributed by atoms with Crippen LogP contribution >= 0.6 is 23.1 Å². The number of hydrogen-bond acceptors (Lipinski definition) is 5. The third kappa shape index (κ3) is 3.63. The summed E-state index contributed by atoms with van der Waals surface area (Å²) in [6.45, 7) is 6.19. The first kappa shape index (κ1) is 18.2. The van der Waals surface area contributed by atoms with Gasteiger partial charge in [-0.3, -0.25) is 4.79 Å². The van der Waals surface area contributed by atoms with Gasteiger partial charge in [0.2, 0.25) is 5.91 Å². The van der Waals surface area contributed by atoms with Crippen LogP contribution in [0, 0.1) is 5.92 Å². The van der Waals surface area contributed by atoms with Crippen molar-refractivity contribution in [1.82, 2.24) is 14.9 Å². The monoisotopic (exact) mass is 389 g/mol. The smallest absolute Gasteiger partial charge is 0.235 e. The van der Waals surface area contributed by atoms with Crippen molar-refractivity contribution < 1.29 is 4.79 Å². The van der Waals surface area contributed by atoms with Gasteiger partial charge in [0, 0.05) is 23.4 Å². The highest BCUT2D eigenvalue weighted by atomic mass is 32.2.